The normalized spacial score (nSPS) is 18.5. The van der Waals surface area contributed by atoms with Gasteiger partial charge in [0.05, 0.1) is 0 Å². The van der Waals surface area contributed by atoms with Crippen LogP contribution in [-0.2, 0) is 22.6 Å². The van der Waals surface area contributed by atoms with E-state index in [0.717, 1.165) is 44.7 Å². The van der Waals surface area contributed by atoms with Crippen molar-refractivity contribution in [2.75, 3.05) is 27.2 Å². The highest BCUT2D eigenvalue weighted by atomic mass is 16.2. The fraction of sp³-hybridized carbons (Fsp3) is 0.724. The van der Waals surface area contributed by atoms with E-state index in [1.165, 1.54) is 62.5 Å². The van der Waals surface area contributed by atoms with Crippen LogP contribution in [0.25, 0.3) is 0 Å². The Morgan fingerprint density at radius 1 is 1.00 bits per heavy atom. The van der Waals surface area contributed by atoms with Gasteiger partial charge < -0.3 is 15.1 Å². The summed E-state index contributed by atoms with van der Waals surface area (Å²) in [5.74, 6) is 1.21. The van der Waals surface area contributed by atoms with Gasteiger partial charge in [-0.15, -0.1) is 0 Å². The van der Waals surface area contributed by atoms with Gasteiger partial charge in [0.15, 0.2) is 0 Å². The van der Waals surface area contributed by atoms with Gasteiger partial charge in [-0.05, 0) is 62.7 Å². The summed E-state index contributed by atoms with van der Waals surface area (Å²) in [5.41, 5.74) is 2.53. The van der Waals surface area contributed by atoms with Crippen LogP contribution in [0.1, 0.15) is 94.6 Å². The number of fused-ring (bicyclic) bond motifs is 1. The van der Waals surface area contributed by atoms with E-state index in [9.17, 15) is 9.59 Å². The number of rotatable bonds is 13. The zero-order valence-corrected chi connectivity index (χ0v) is 21.7. The molecule has 190 valence electrons. The van der Waals surface area contributed by atoms with Crippen molar-refractivity contribution >= 4 is 11.8 Å². The number of hydrogen-bond donors (Lipinski definition) is 1. The van der Waals surface area contributed by atoms with Gasteiger partial charge in [-0.3, -0.25) is 9.59 Å². The largest absolute Gasteiger partial charge is 0.346 e. The average Bonchev–Trinajstić information content (AvgIpc) is 2.86. The van der Waals surface area contributed by atoms with Crippen LogP contribution in [0.5, 0.6) is 0 Å². The fourth-order valence-electron chi connectivity index (χ4n) is 5.71. The third-order valence-corrected chi connectivity index (χ3v) is 7.91. The van der Waals surface area contributed by atoms with Crippen molar-refractivity contribution in [3.63, 3.8) is 0 Å². The maximum Gasteiger partial charge on any atom is 0.224 e. The first-order valence-electron chi connectivity index (χ1n) is 13.8. The van der Waals surface area contributed by atoms with Crippen LogP contribution in [0, 0.1) is 5.92 Å². The Labute approximate surface area is 207 Å². The lowest BCUT2D eigenvalue weighted by molar-refractivity contribution is -0.138. The molecule has 1 heterocycles. The van der Waals surface area contributed by atoms with Gasteiger partial charge in [-0.1, -0.05) is 69.2 Å². The molecule has 34 heavy (non-hydrogen) atoms. The van der Waals surface area contributed by atoms with E-state index in [1.807, 2.05) is 23.9 Å². The molecule has 0 aromatic heterocycles. The molecule has 1 atom stereocenters. The second-order valence-corrected chi connectivity index (χ2v) is 10.6. The van der Waals surface area contributed by atoms with Crippen LogP contribution >= 0.6 is 0 Å². The summed E-state index contributed by atoms with van der Waals surface area (Å²) in [6, 6.07) is 8.39. The number of carbonyl (C=O) groups excluding carboxylic acids is 2. The number of hydrogen-bond acceptors (Lipinski definition) is 3. The smallest absolute Gasteiger partial charge is 0.224 e. The molecule has 1 aliphatic heterocycles. The average molecular weight is 470 g/mol. The second kappa shape index (κ2) is 14.5. The number of amides is 2. The number of carbonyl (C=O) groups is 2. The van der Waals surface area contributed by atoms with Gasteiger partial charge >= 0.3 is 0 Å². The Balaban J connectivity index is 1.52. The van der Waals surface area contributed by atoms with E-state index in [2.05, 4.69) is 29.6 Å². The van der Waals surface area contributed by atoms with Crippen LogP contribution in [-0.4, -0.2) is 54.8 Å². The molecule has 1 aromatic carbocycles. The Morgan fingerprint density at radius 3 is 2.50 bits per heavy atom. The molecule has 1 unspecified atom stereocenters. The lowest BCUT2D eigenvalue weighted by atomic mass is 9.85. The lowest BCUT2D eigenvalue weighted by Crippen LogP contribution is -2.46. The predicted molar refractivity (Wildman–Crippen MR) is 140 cm³/mol. The standard InChI is InChI=1S/C29H47N3O2/c1-30-19-10-3-4-11-20-31(2)29(34)22-27-21-25-16-8-9-17-26(25)23-32(27)28(33)18-12-15-24-13-6-5-7-14-24/h8-9,16-17,24,27,30H,3-7,10-15,18-23H2,1-2H3. The molecule has 5 nitrogen and oxygen atoms in total. The summed E-state index contributed by atoms with van der Waals surface area (Å²) in [6.07, 6.45) is 15.3. The van der Waals surface area contributed by atoms with Gasteiger partial charge in [0.1, 0.15) is 0 Å². The van der Waals surface area contributed by atoms with E-state index < -0.39 is 0 Å². The molecule has 0 saturated heterocycles. The fourth-order valence-corrected chi connectivity index (χ4v) is 5.71. The zero-order valence-electron chi connectivity index (χ0n) is 21.7. The molecule has 0 spiro atoms. The zero-order chi connectivity index (χ0) is 24.2. The molecule has 5 heteroatoms. The molecule has 1 aromatic rings. The molecule has 3 rings (SSSR count). The molecule has 1 saturated carbocycles. The van der Waals surface area contributed by atoms with Gasteiger partial charge in [0.2, 0.25) is 11.8 Å². The van der Waals surface area contributed by atoms with Gasteiger partial charge in [-0.2, -0.15) is 0 Å². The predicted octanol–water partition coefficient (Wildman–Crippen LogP) is 5.32. The van der Waals surface area contributed by atoms with Crippen molar-refractivity contribution in [1.29, 1.82) is 0 Å². The van der Waals surface area contributed by atoms with Crippen molar-refractivity contribution in [3.05, 3.63) is 35.4 Å². The third-order valence-electron chi connectivity index (χ3n) is 7.91. The van der Waals surface area contributed by atoms with Crippen LogP contribution in [0.2, 0.25) is 0 Å². The summed E-state index contributed by atoms with van der Waals surface area (Å²) in [7, 11) is 3.91. The molecule has 2 aliphatic rings. The first-order valence-corrected chi connectivity index (χ1v) is 13.8. The van der Waals surface area contributed by atoms with E-state index in [4.69, 9.17) is 0 Å². The highest BCUT2D eigenvalue weighted by Gasteiger charge is 2.31. The summed E-state index contributed by atoms with van der Waals surface area (Å²) in [4.78, 5) is 30.3. The Bertz CT molecular complexity index is 759. The van der Waals surface area contributed by atoms with Gasteiger partial charge in [0, 0.05) is 39.0 Å². The minimum Gasteiger partial charge on any atom is -0.346 e. The lowest BCUT2D eigenvalue weighted by Gasteiger charge is -2.37. The summed E-state index contributed by atoms with van der Waals surface area (Å²) < 4.78 is 0. The number of nitrogens with one attached hydrogen (secondary N) is 1. The molecule has 2 amide bonds. The minimum atomic E-state index is -0.0253. The van der Waals surface area contributed by atoms with Crippen LogP contribution in [0.4, 0.5) is 0 Å². The van der Waals surface area contributed by atoms with Gasteiger partial charge in [-0.25, -0.2) is 0 Å². The monoisotopic (exact) mass is 469 g/mol. The van der Waals surface area contributed by atoms with Crippen molar-refractivity contribution in [2.45, 2.75) is 102 Å². The topological polar surface area (TPSA) is 52.7 Å². The quantitative estimate of drug-likeness (QED) is 0.398. The van der Waals surface area contributed by atoms with Gasteiger partial charge in [0.25, 0.3) is 0 Å². The molecule has 1 aliphatic carbocycles. The maximum absolute atomic E-state index is 13.3. The van der Waals surface area contributed by atoms with Crippen molar-refractivity contribution < 1.29 is 9.59 Å². The Kier molecular flexibility index (Phi) is 11.4. The van der Waals surface area contributed by atoms with Crippen LogP contribution < -0.4 is 5.32 Å². The molecule has 0 bridgehead atoms. The summed E-state index contributed by atoms with van der Waals surface area (Å²) in [5, 5.41) is 3.18. The Hall–Kier alpha value is -1.88. The summed E-state index contributed by atoms with van der Waals surface area (Å²) >= 11 is 0. The first-order chi connectivity index (χ1) is 16.6. The highest BCUT2D eigenvalue weighted by Crippen LogP contribution is 2.29. The maximum atomic E-state index is 13.3. The number of nitrogens with zero attached hydrogens (tertiary/aromatic N) is 2. The molecule has 1 N–H and O–H groups in total. The van der Waals surface area contributed by atoms with E-state index in [1.54, 1.807) is 0 Å². The molecular weight excluding hydrogens is 422 g/mol. The van der Waals surface area contributed by atoms with Crippen molar-refractivity contribution in [1.82, 2.24) is 15.1 Å². The van der Waals surface area contributed by atoms with E-state index >= 15 is 0 Å². The second-order valence-electron chi connectivity index (χ2n) is 10.6. The molecular formula is C29H47N3O2. The third kappa shape index (κ3) is 8.41. The molecule has 0 radical (unpaired) electrons. The Morgan fingerprint density at radius 2 is 1.74 bits per heavy atom. The van der Waals surface area contributed by atoms with Crippen molar-refractivity contribution in [2.24, 2.45) is 5.92 Å². The van der Waals surface area contributed by atoms with Crippen LogP contribution in [0.15, 0.2) is 24.3 Å². The highest BCUT2D eigenvalue weighted by molar-refractivity contribution is 5.80. The SMILES string of the molecule is CNCCCCCCN(C)C(=O)CC1Cc2ccccc2CN1C(=O)CCCC1CCCCC1. The van der Waals surface area contributed by atoms with Crippen LogP contribution in [0.3, 0.4) is 0 Å². The molecule has 1 fully saturated rings. The van der Waals surface area contributed by atoms with Crippen molar-refractivity contribution in [3.8, 4) is 0 Å². The number of benzene rings is 1. The van der Waals surface area contributed by atoms with E-state index in [-0.39, 0.29) is 17.9 Å². The minimum absolute atomic E-state index is 0.0253. The number of unbranched alkanes of at least 4 members (excludes halogenated alkanes) is 3. The summed E-state index contributed by atoms with van der Waals surface area (Å²) in [6.45, 7) is 2.50. The van der Waals surface area contributed by atoms with E-state index in [0.29, 0.717) is 19.4 Å². The first kappa shape index (κ1) is 26.7.